The Hall–Kier alpha value is -2.60. The lowest BCUT2D eigenvalue weighted by molar-refractivity contribution is -0.885. The van der Waals surface area contributed by atoms with Gasteiger partial charge in [0.25, 0.3) is 5.91 Å². The summed E-state index contributed by atoms with van der Waals surface area (Å²) in [5.41, 5.74) is 7.06. The predicted octanol–water partition coefficient (Wildman–Crippen LogP) is 0.0639. The van der Waals surface area contributed by atoms with Crippen molar-refractivity contribution in [2.24, 2.45) is 0 Å². The minimum atomic E-state index is -0.477. The molecule has 2 rings (SSSR count). The van der Waals surface area contributed by atoms with Crippen molar-refractivity contribution in [2.45, 2.75) is 13.5 Å². The normalized spacial score (nSPS) is 11.7. The molecule has 0 spiro atoms. The van der Waals surface area contributed by atoms with Crippen molar-refractivity contribution < 1.29 is 18.9 Å². The average Bonchev–Trinajstić information content (AvgIpc) is 3.01. The Bertz CT molecular complexity index is 621. The summed E-state index contributed by atoms with van der Waals surface area (Å²) in [6, 6.07) is 11.3. The van der Waals surface area contributed by atoms with Gasteiger partial charge in [-0.1, -0.05) is 29.8 Å². The number of aryl methyl sites for hydroxylation is 1. The molecule has 1 heterocycles. The van der Waals surface area contributed by atoms with Gasteiger partial charge in [0.2, 0.25) is 0 Å². The van der Waals surface area contributed by atoms with E-state index in [9.17, 15) is 9.59 Å². The molecule has 6 nitrogen and oxygen atoms in total. The third-order valence-electron chi connectivity index (χ3n) is 3.15. The molecule has 0 aliphatic carbocycles. The zero-order valence-electron chi connectivity index (χ0n) is 12.7. The zero-order valence-corrected chi connectivity index (χ0v) is 12.7. The summed E-state index contributed by atoms with van der Waals surface area (Å²) in [4.78, 5) is 24.4. The number of carbonyl (C=O) groups is 2. The number of quaternary nitrogens is 1. The van der Waals surface area contributed by atoms with Crippen molar-refractivity contribution in [3.63, 3.8) is 0 Å². The van der Waals surface area contributed by atoms with Crippen LogP contribution in [0.3, 0.4) is 0 Å². The maximum absolute atomic E-state index is 11.8. The van der Waals surface area contributed by atoms with Crippen molar-refractivity contribution in [2.75, 3.05) is 13.6 Å². The summed E-state index contributed by atoms with van der Waals surface area (Å²) >= 11 is 0. The van der Waals surface area contributed by atoms with Gasteiger partial charge in [0.1, 0.15) is 6.54 Å². The van der Waals surface area contributed by atoms with Crippen LogP contribution < -0.4 is 15.8 Å². The first-order valence-corrected chi connectivity index (χ1v) is 7.04. The quantitative estimate of drug-likeness (QED) is 0.684. The summed E-state index contributed by atoms with van der Waals surface area (Å²) < 4.78 is 4.93. The SMILES string of the molecule is Cc1ccc(C[NH+](C)CC(=O)NNC(=O)c2ccco2)cc1. The van der Waals surface area contributed by atoms with Gasteiger partial charge in [0.05, 0.1) is 13.3 Å². The zero-order chi connectivity index (χ0) is 15.9. The first kappa shape index (κ1) is 15.8. The molecule has 1 aromatic heterocycles. The Morgan fingerprint density at radius 1 is 1.14 bits per heavy atom. The van der Waals surface area contributed by atoms with E-state index < -0.39 is 5.91 Å². The molecule has 0 aliphatic heterocycles. The van der Waals surface area contributed by atoms with E-state index in [0.29, 0.717) is 0 Å². The van der Waals surface area contributed by atoms with Gasteiger partial charge in [0.15, 0.2) is 12.3 Å². The Morgan fingerprint density at radius 3 is 2.50 bits per heavy atom. The van der Waals surface area contributed by atoms with Crippen molar-refractivity contribution in [1.82, 2.24) is 10.9 Å². The van der Waals surface area contributed by atoms with E-state index in [1.807, 2.05) is 26.1 Å². The molecule has 0 fully saturated rings. The molecular weight excluding hydrogens is 282 g/mol. The Labute approximate surface area is 129 Å². The smallest absolute Gasteiger partial charge is 0.305 e. The highest BCUT2D eigenvalue weighted by molar-refractivity contribution is 5.92. The summed E-state index contributed by atoms with van der Waals surface area (Å²) in [5.74, 6) is -0.584. The van der Waals surface area contributed by atoms with Crippen molar-refractivity contribution in [3.05, 3.63) is 59.5 Å². The van der Waals surface area contributed by atoms with Gasteiger partial charge in [-0.25, -0.2) is 0 Å². The summed E-state index contributed by atoms with van der Waals surface area (Å²) in [5, 5.41) is 0. The monoisotopic (exact) mass is 302 g/mol. The predicted molar refractivity (Wildman–Crippen MR) is 81.0 cm³/mol. The van der Waals surface area contributed by atoms with Gasteiger partial charge < -0.3 is 9.32 Å². The molecule has 0 saturated heterocycles. The molecule has 0 aliphatic rings. The number of carbonyl (C=O) groups excluding carboxylic acids is 2. The van der Waals surface area contributed by atoms with Crippen LogP contribution in [0.2, 0.25) is 0 Å². The van der Waals surface area contributed by atoms with Crippen LogP contribution in [0, 0.1) is 6.92 Å². The minimum Gasteiger partial charge on any atom is -0.459 e. The third kappa shape index (κ3) is 4.75. The highest BCUT2D eigenvalue weighted by Gasteiger charge is 2.13. The van der Waals surface area contributed by atoms with E-state index in [0.717, 1.165) is 17.0 Å². The van der Waals surface area contributed by atoms with Gasteiger partial charge in [0, 0.05) is 5.56 Å². The van der Waals surface area contributed by atoms with E-state index in [4.69, 9.17) is 4.42 Å². The number of hydrogen-bond donors (Lipinski definition) is 3. The standard InChI is InChI=1S/C16H19N3O3/c1-12-5-7-13(8-6-12)10-19(2)11-15(20)17-18-16(21)14-4-3-9-22-14/h3-9H,10-11H2,1-2H3,(H,17,20)(H,18,21)/p+1. The van der Waals surface area contributed by atoms with E-state index in [-0.39, 0.29) is 18.2 Å². The van der Waals surface area contributed by atoms with Crippen LogP contribution in [0.5, 0.6) is 0 Å². The van der Waals surface area contributed by atoms with Crippen molar-refractivity contribution in [1.29, 1.82) is 0 Å². The van der Waals surface area contributed by atoms with Crippen LogP contribution in [0.25, 0.3) is 0 Å². The second-order valence-electron chi connectivity index (χ2n) is 5.28. The minimum absolute atomic E-state index is 0.153. The second kappa shape index (κ2) is 7.42. The van der Waals surface area contributed by atoms with Gasteiger partial charge in [-0.15, -0.1) is 0 Å². The summed E-state index contributed by atoms with van der Waals surface area (Å²) in [6.07, 6.45) is 1.40. The molecule has 6 heteroatoms. The lowest BCUT2D eigenvalue weighted by atomic mass is 10.1. The van der Waals surface area contributed by atoms with Gasteiger partial charge in [-0.05, 0) is 19.1 Å². The van der Waals surface area contributed by atoms with Crippen LogP contribution >= 0.6 is 0 Å². The van der Waals surface area contributed by atoms with Crippen LogP contribution in [-0.4, -0.2) is 25.4 Å². The highest BCUT2D eigenvalue weighted by atomic mass is 16.3. The number of nitrogens with one attached hydrogen (secondary N) is 3. The van der Waals surface area contributed by atoms with Gasteiger partial charge in [-0.3, -0.25) is 20.4 Å². The van der Waals surface area contributed by atoms with Crippen molar-refractivity contribution >= 4 is 11.8 Å². The van der Waals surface area contributed by atoms with E-state index in [2.05, 4.69) is 23.0 Å². The first-order chi connectivity index (χ1) is 10.5. The molecule has 1 unspecified atom stereocenters. The molecular formula is C16H20N3O3+. The van der Waals surface area contributed by atoms with Crippen LogP contribution in [0.1, 0.15) is 21.7 Å². The molecule has 3 N–H and O–H groups in total. The lowest BCUT2D eigenvalue weighted by Crippen LogP contribution is -3.09. The Balaban J connectivity index is 1.74. The molecule has 0 bridgehead atoms. The largest absolute Gasteiger partial charge is 0.459 e. The van der Waals surface area contributed by atoms with Gasteiger partial charge >= 0.3 is 5.91 Å². The molecule has 0 saturated carbocycles. The number of benzene rings is 1. The van der Waals surface area contributed by atoms with Gasteiger partial charge in [-0.2, -0.15) is 0 Å². The van der Waals surface area contributed by atoms with E-state index in [1.54, 1.807) is 6.07 Å². The fourth-order valence-electron chi connectivity index (χ4n) is 2.03. The van der Waals surface area contributed by atoms with E-state index in [1.165, 1.54) is 17.9 Å². The second-order valence-corrected chi connectivity index (χ2v) is 5.28. The molecule has 116 valence electrons. The molecule has 0 radical (unpaired) electrons. The van der Waals surface area contributed by atoms with Crippen LogP contribution in [-0.2, 0) is 11.3 Å². The average molecular weight is 302 g/mol. The van der Waals surface area contributed by atoms with Crippen molar-refractivity contribution in [3.8, 4) is 0 Å². The number of rotatable bonds is 5. The fraction of sp³-hybridized carbons (Fsp3) is 0.250. The molecule has 2 aromatic rings. The highest BCUT2D eigenvalue weighted by Crippen LogP contribution is 2.01. The number of hydrogen-bond acceptors (Lipinski definition) is 3. The Kier molecular flexibility index (Phi) is 5.32. The first-order valence-electron chi connectivity index (χ1n) is 7.04. The number of likely N-dealkylation sites (N-methyl/N-ethyl adjacent to an activating group) is 1. The lowest BCUT2D eigenvalue weighted by Gasteiger charge is -2.14. The maximum Gasteiger partial charge on any atom is 0.305 e. The topological polar surface area (TPSA) is 75.8 Å². The van der Waals surface area contributed by atoms with E-state index >= 15 is 0 Å². The molecule has 1 atom stereocenters. The van der Waals surface area contributed by atoms with Crippen LogP contribution in [0.4, 0.5) is 0 Å². The summed E-state index contributed by atoms with van der Waals surface area (Å²) in [6.45, 7) is 3.03. The molecule has 22 heavy (non-hydrogen) atoms. The van der Waals surface area contributed by atoms with Crippen LogP contribution in [0.15, 0.2) is 47.1 Å². The number of hydrazine groups is 1. The molecule has 2 amide bonds. The number of furan rings is 1. The number of amides is 2. The third-order valence-corrected chi connectivity index (χ3v) is 3.15. The maximum atomic E-state index is 11.8. The fourth-order valence-corrected chi connectivity index (χ4v) is 2.03. The summed E-state index contributed by atoms with van der Waals surface area (Å²) in [7, 11) is 1.92. The molecule has 1 aromatic carbocycles. The Morgan fingerprint density at radius 2 is 1.86 bits per heavy atom.